The van der Waals surface area contributed by atoms with E-state index < -0.39 is 0 Å². The Kier molecular flexibility index (Phi) is 6.54. The van der Waals surface area contributed by atoms with Crippen LogP contribution in [0.15, 0.2) is 4.47 Å². The van der Waals surface area contributed by atoms with Gasteiger partial charge in [0, 0.05) is 19.5 Å². The fourth-order valence-electron chi connectivity index (χ4n) is 2.42. The number of hydrogen-bond donors (Lipinski definition) is 1. The zero-order chi connectivity index (χ0) is 14.6. The molecule has 0 fully saturated rings. The van der Waals surface area contributed by atoms with Crippen molar-refractivity contribution in [2.75, 3.05) is 6.54 Å². The maximum atomic E-state index is 4.59. The van der Waals surface area contributed by atoms with Gasteiger partial charge in [0.05, 0.1) is 15.9 Å². The van der Waals surface area contributed by atoms with E-state index in [1.807, 2.05) is 11.7 Å². The molecule has 0 saturated carbocycles. The highest BCUT2D eigenvalue weighted by molar-refractivity contribution is 9.10. The predicted molar refractivity (Wildman–Crippen MR) is 85.5 cm³/mol. The molecule has 0 aliphatic heterocycles. The van der Waals surface area contributed by atoms with E-state index in [4.69, 9.17) is 0 Å². The van der Waals surface area contributed by atoms with E-state index in [0.29, 0.717) is 17.9 Å². The molecule has 0 saturated heterocycles. The van der Waals surface area contributed by atoms with Crippen LogP contribution in [0, 0.1) is 11.8 Å². The van der Waals surface area contributed by atoms with Crippen LogP contribution in [-0.4, -0.2) is 22.4 Å². The maximum absolute atomic E-state index is 4.59. The third-order valence-electron chi connectivity index (χ3n) is 4.07. The van der Waals surface area contributed by atoms with Crippen LogP contribution in [0.3, 0.4) is 0 Å². The summed E-state index contributed by atoms with van der Waals surface area (Å²) in [7, 11) is 2.04. The Bertz CT molecular complexity index is 398. The summed E-state index contributed by atoms with van der Waals surface area (Å²) in [4.78, 5) is 0. The molecule has 2 atom stereocenters. The van der Waals surface area contributed by atoms with Crippen LogP contribution in [0.2, 0.25) is 0 Å². The van der Waals surface area contributed by atoms with Crippen molar-refractivity contribution in [3.05, 3.63) is 15.9 Å². The highest BCUT2D eigenvalue weighted by Crippen LogP contribution is 2.25. The van der Waals surface area contributed by atoms with Crippen molar-refractivity contribution < 1.29 is 0 Å². The lowest BCUT2D eigenvalue weighted by Crippen LogP contribution is -2.39. The zero-order valence-corrected chi connectivity index (χ0v) is 14.7. The molecule has 0 aliphatic carbocycles. The molecular formula is C15H28BrN3. The van der Waals surface area contributed by atoms with E-state index in [-0.39, 0.29) is 0 Å². The van der Waals surface area contributed by atoms with Crippen LogP contribution >= 0.6 is 15.9 Å². The molecule has 1 rings (SSSR count). The quantitative estimate of drug-likeness (QED) is 0.828. The number of aryl methyl sites for hydroxylation is 2. The first-order chi connectivity index (χ1) is 8.92. The minimum atomic E-state index is 0.501. The van der Waals surface area contributed by atoms with Crippen molar-refractivity contribution in [3.8, 4) is 0 Å². The fourth-order valence-corrected chi connectivity index (χ4v) is 3.20. The van der Waals surface area contributed by atoms with Gasteiger partial charge in [-0.1, -0.05) is 34.6 Å². The number of hydrogen-bond acceptors (Lipinski definition) is 2. The number of likely N-dealkylation sites (N-methyl/N-ethyl adjacent to an activating group) is 1. The monoisotopic (exact) mass is 329 g/mol. The second-order valence-electron chi connectivity index (χ2n) is 5.66. The van der Waals surface area contributed by atoms with Crippen LogP contribution in [0.1, 0.15) is 46.0 Å². The molecule has 1 heterocycles. The topological polar surface area (TPSA) is 29.9 Å². The van der Waals surface area contributed by atoms with E-state index in [1.54, 1.807) is 0 Å². The number of halogens is 1. The van der Waals surface area contributed by atoms with Crippen molar-refractivity contribution in [3.63, 3.8) is 0 Å². The van der Waals surface area contributed by atoms with Crippen molar-refractivity contribution in [1.29, 1.82) is 0 Å². The first kappa shape index (κ1) is 16.7. The number of nitrogens with one attached hydrogen (secondary N) is 1. The van der Waals surface area contributed by atoms with Gasteiger partial charge in [-0.15, -0.1) is 0 Å². The summed E-state index contributed by atoms with van der Waals surface area (Å²) in [5.41, 5.74) is 2.46. The van der Waals surface area contributed by atoms with E-state index in [0.717, 1.165) is 25.1 Å². The molecule has 2 unspecified atom stereocenters. The number of aromatic nitrogens is 2. The number of rotatable bonds is 7. The van der Waals surface area contributed by atoms with Gasteiger partial charge in [0.1, 0.15) is 0 Å². The lowest BCUT2D eigenvalue weighted by molar-refractivity contribution is 0.296. The molecule has 1 N–H and O–H groups in total. The largest absolute Gasteiger partial charge is 0.314 e. The third-order valence-corrected chi connectivity index (χ3v) is 4.98. The van der Waals surface area contributed by atoms with Gasteiger partial charge in [-0.25, -0.2) is 0 Å². The summed E-state index contributed by atoms with van der Waals surface area (Å²) in [5.74, 6) is 1.33. The Morgan fingerprint density at radius 1 is 1.26 bits per heavy atom. The molecule has 0 bridgehead atoms. The SMILES string of the molecule is CCNC(Cc1c(Br)c(CC)nn1C)C(C)C(C)C. The molecule has 1 aromatic heterocycles. The Balaban J connectivity index is 2.93. The summed E-state index contributed by atoms with van der Waals surface area (Å²) in [6.45, 7) is 12.3. The molecule has 3 nitrogen and oxygen atoms in total. The molecule has 0 radical (unpaired) electrons. The Hall–Kier alpha value is -0.350. The van der Waals surface area contributed by atoms with E-state index >= 15 is 0 Å². The van der Waals surface area contributed by atoms with E-state index in [2.05, 4.69) is 61.0 Å². The van der Waals surface area contributed by atoms with Gasteiger partial charge in [0.25, 0.3) is 0 Å². The van der Waals surface area contributed by atoms with Crippen LogP contribution in [0.25, 0.3) is 0 Å². The molecule has 0 aliphatic rings. The lowest BCUT2D eigenvalue weighted by atomic mass is 9.87. The molecule has 4 heteroatoms. The van der Waals surface area contributed by atoms with Gasteiger partial charge in [-0.05, 0) is 40.7 Å². The highest BCUT2D eigenvalue weighted by Gasteiger charge is 2.23. The van der Waals surface area contributed by atoms with Crippen LogP contribution in [-0.2, 0) is 19.9 Å². The van der Waals surface area contributed by atoms with E-state index in [9.17, 15) is 0 Å². The normalized spacial score (nSPS) is 14.9. The summed E-state index contributed by atoms with van der Waals surface area (Å²) < 4.78 is 3.22. The van der Waals surface area contributed by atoms with Crippen molar-refractivity contribution >= 4 is 15.9 Å². The van der Waals surface area contributed by atoms with Crippen molar-refractivity contribution in [1.82, 2.24) is 15.1 Å². The van der Waals surface area contributed by atoms with Crippen LogP contribution in [0.5, 0.6) is 0 Å². The molecule has 1 aromatic rings. The second kappa shape index (κ2) is 7.44. The highest BCUT2D eigenvalue weighted by atomic mass is 79.9. The third kappa shape index (κ3) is 4.06. The minimum Gasteiger partial charge on any atom is -0.314 e. The first-order valence-electron chi connectivity index (χ1n) is 7.35. The van der Waals surface area contributed by atoms with Gasteiger partial charge in [-0.2, -0.15) is 5.10 Å². The first-order valence-corrected chi connectivity index (χ1v) is 8.15. The summed E-state index contributed by atoms with van der Waals surface area (Å²) in [6, 6.07) is 0.501. The molecule has 0 aromatic carbocycles. The lowest BCUT2D eigenvalue weighted by Gasteiger charge is -2.28. The van der Waals surface area contributed by atoms with Crippen LogP contribution in [0.4, 0.5) is 0 Å². The molecule has 110 valence electrons. The average molecular weight is 330 g/mol. The maximum Gasteiger partial charge on any atom is 0.0766 e. The van der Waals surface area contributed by atoms with Gasteiger partial charge in [0.2, 0.25) is 0 Å². The summed E-state index contributed by atoms with van der Waals surface area (Å²) in [5, 5.41) is 8.22. The van der Waals surface area contributed by atoms with Gasteiger partial charge in [0.15, 0.2) is 0 Å². The molecule has 0 amide bonds. The number of nitrogens with zero attached hydrogens (tertiary/aromatic N) is 2. The fraction of sp³-hybridized carbons (Fsp3) is 0.800. The van der Waals surface area contributed by atoms with E-state index in [1.165, 1.54) is 10.2 Å². The van der Waals surface area contributed by atoms with Crippen molar-refractivity contribution in [2.24, 2.45) is 18.9 Å². The predicted octanol–water partition coefficient (Wildman–Crippen LogP) is 3.56. The average Bonchev–Trinajstić information content (AvgIpc) is 2.64. The summed E-state index contributed by atoms with van der Waals surface area (Å²) in [6.07, 6.45) is 2.00. The van der Waals surface area contributed by atoms with Gasteiger partial charge in [-0.3, -0.25) is 4.68 Å². The second-order valence-corrected chi connectivity index (χ2v) is 6.45. The Morgan fingerprint density at radius 2 is 1.89 bits per heavy atom. The molecular weight excluding hydrogens is 302 g/mol. The van der Waals surface area contributed by atoms with Crippen LogP contribution < -0.4 is 5.32 Å². The Morgan fingerprint density at radius 3 is 2.32 bits per heavy atom. The van der Waals surface area contributed by atoms with Crippen molar-refractivity contribution in [2.45, 2.75) is 53.5 Å². The smallest absolute Gasteiger partial charge is 0.0766 e. The van der Waals surface area contributed by atoms with Gasteiger partial charge < -0.3 is 5.32 Å². The Labute approximate surface area is 126 Å². The van der Waals surface area contributed by atoms with Gasteiger partial charge >= 0.3 is 0 Å². The molecule has 19 heavy (non-hydrogen) atoms. The standard InChI is InChI=1S/C15H28BrN3/c1-7-12-15(16)14(19(6)18-12)9-13(17-8-2)11(5)10(3)4/h10-11,13,17H,7-9H2,1-6H3. The summed E-state index contributed by atoms with van der Waals surface area (Å²) >= 11 is 3.72. The zero-order valence-electron chi connectivity index (χ0n) is 13.1. The minimum absolute atomic E-state index is 0.501. The molecule has 0 spiro atoms.